The molecular weight excluding hydrogens is 320 g/mol. The van der Waals surface area contributed by atoms with Crippen LogP contribution in [0.1, 0.15) is 66.2 Å². The van der Waals surface area contributed by atoms with Crippen molar-refractivity contribution in [2.45, 2.75) is 54.0 Å². The van der Waals surface area contributed by atoms with E-state index < -0.39 is 12.0 Å². The number of amides is 1. The van der Waals surface area contributed by atoms with Crippen LogP contribution in [0, 0.1) is 19.8 Å². The fourth-order valence-electron chi connectivity index (χ4n) is 3.10. The van der Waals surface area contributed by atoms with Crippen LogP contribution in [-0.2, 0) is 16.6 Å². The van der Waals surface area contributed by atoms with Gasteiger partial charge in [0.1, 0.15) is 5.69 Å². The second-order valence-corrected chi connectivity index (χ2v) is 6.92. The van der Waals surface area contributed by atoms with Gasteiger partial charge in [-0.3, -0.25) is 9.59 Å². The lowest BCUT2D eigenvalue weighted by Crippen LogP contribution is -2.43. The molecule has 1 atom stereocenters. The standard InChI is InChI=1S/C19H30N2O4/c1-11(2)9-10-21(15(6)22)14(5)18(23)16-12(3)17(19(24)25-8)20(7)13(16)4/h11,14H,9-10H2,1-8H3/t14-/m1/s1. The summed E-state index contributed by atoms with van der Waals surface area (Å²) in [5.41, 5.74) is 2.15. The summed E-state index contributed by atoms with van der Waals surface area (Å²) in [5.74, 6) is -0.311. The molecule has 0 aliphatic rings. The van der Waals surface area contributed by atoms with Crippen LogP contribution >= 0.6 is 0 Å². The second-order valence-electron chi connectivity index (χ2n) is 6.92. The number of carbonyl (C=O) groups excluding carboxylic acids is 3. The minimum absolute atomic E-state index is 0.124. The normalized spacial score (nSPS) is 12.2. The van der Waals surface area contributed by atoms with Gasteiger partial charge in [0.2, 0.25) is 5.91 Å². The maximum absolute atomic E-state index is 13.1. The van der Waals surface area contributed by atoms with E-state index in [0.717, 1.165) is 6.42 Å². The Morgan fingerprint density at radius 2 is 1.72 bits per heavy atom. The summed E-state index contributed by atoms with van der Waals surface area (Å²) in [6, 6.07) is -0.582. The van der Waals surface area contributed by atoms with Crippen molar-refractivity contribution in [2.75, 3.05) is 13.7 Å². The topological polar surface area (TPSA) is 68.6 Å². The number of esters is 1. The smallest absolute Gasteiger partial charge is 0.354 e. The van der Waals surface area contributed by atoms with Gasteiger partial charge < -0.3 is 14.2 Å². The summed E-state index contributed by atoms with van der Waals surface area (Å²) >= 11 is 0. The van der Waals surface area contributed by atoms with Crippen molar-refractivity contribution in [3.05, 3.63) is 22.5 Å². The maximum atomic E-state index is 13.1. The maximum Gasteiger partial charge on any atom is 0.354 e. The molecule has 0 aromatic carbocycles. The molecule has 1 aromatic heterocycles. The van der Waals surface area contributed by atoms with Gasteiger partial charge in [0, 0.05) is 31.8 Å². The highest BCUT2D eigenvalue weighted by molar-refractivity contribution is 6.06. The second kappa shape index (κ2) is 8.32. The first-order chi connectivity index (χ1) is 11.5. The lowest BCUT2D eigenvalue weighted by molar-refractivity contribution is -0.130. The van der Waals surface area contributed by atoms with Gasteiger partial charge in [-0.1, -0.05) is 13.8 Å². The molecule has 0 bridgehead atoms. The highest BCUT2D eigenvalue weighted by Gasteiger charge is 2.31. The predicted molar refractivity (Wildman–Crippen MR) is 96.9 cm³/mol. The number of ether oxygens (including phenoxy) is 1. The zero-order valence-electron chi connectivity index (χ0n) is 16.6. The Morgan fingerprint density at radius 1 is 1.16 bits per heavy atom. The van der Waals surface area contributed by atoms with E-state index >= 15 is 0 Å². The largest absolute Gasteiger partial charge is 0.464 e. The molecule has 25 heavy (non-hydrogen) atoms. The third-order valence-corrected chi connectivity index (χ3v) is 4.75. The summed E-state index contributed by atoms with van der Waals surface area (Å²) in [7, 11) is 3.05. The molecule has 0 fully saturated rings. The molecule has 0 saturated heterocycles. The van der Waals surface area contributed by atoms with Crippen molar-refractivity contribution < 1.29 is 19.1 Å². The van der Waals surface area contributed by atoms with Crippen LogP contribution in [0.2, 0.25) is 0 Å². The summed E-state index contributed by atoms with van der Waals surface area (Å²) in [6.45, 7) is 11.5. The fourth-order valence-corrected chi connectivity index (χ4v) is 3.10. The van der Waals surface area contributed by atoms with Gasteiger partial charge >= 0.3 is 5.97 Å². The molecule has 1 heterocycles. The molecule has 0 unspecified atom stereocenters. The molecule has 1 aromatic rings. The molecule has 0 radical (unpaired) electrons. The van der Waals surface area contributed by atoms with E-state index in [1.54, 1.807) is 37.3 Å². The monoisotopic (exact) mass is 350 g/mol. The van der Waals surface area contributed by atoms with E-state index in [0.29, 0.717) is 35.0 Å². The first-order valence-electron chi connectivity index (χ1n) is 8.60. The minimum Gasteiger partial charge on any atom is -0.464 e. The minimum atomic E-state index is -0.582. The molecule has 0 saturated carbocycles. The van der Waals surface area contributed by atoms with Crippen LogP contribution in [-0.4, -0.2) is 46.8 Å². The fraction of sp³-hybridized carbons (Fsp3) is 0.632. The molecule has 1 amide bonds. The predicted octanol–water partition coefficient (Wildman–Crippen LogP) is 2.89. The Labute approximate surface area is 150 Å². The molecule has 0 N–H and O–H groups in total. The van der Waals surface area contributed by atoms with Crippen molar-refractivity contribution in [3.63, 3.8) is 0 Å². The average molecular weight is 350 g/mol. The van der Waals surface area contributed by atoms with Crippen molar-refractivity contribution in [2.24, 2.45) is 13.0 Å². The lowest BCUT2D eigenvalue weighted by atomic mass is 9.99. The molecular formula is C19H30N2O4. The Morgan fingerprint density at radius 3 is 2.16 bits per heavy atom. The van der Waals surface area contributed by atoms with Crippen molar-refractivity contribution in [1.29, 1.82) is 0 Å². The first-order valence-corrected chi connectivity index (χ1v) is 8.60. The van der Waals surface area contributed by atoms with Crippen LogP contribution in [0.5, 0.6) is 0 Å². The van der Waals surface area contributed by atoms with Gasteiger partial charge in [0.25, 0.3) is 0 Å². The number of nitrogens with zero attached hydrogens (tertiary/aromatic N) is 2. The Balaban J connectivity index is 3.25. The van der Waals surface area contributed by atoms with Gasteiger partial charge in [-0.25, -0.2) is 4.79 Å². The highest BCUT2D eigenvalue weighted by Crippen LogP contribution is 2.24. The Bertz CT molecular complexity index is 673. The van der Waals surface area contributed by atoms with E-state index in [4.69, 9.17) is 4.74 Å². The number of rotatable bonds is 7. The zero-order valence-corrected chi connectivity index (χ0v) is 16.6. The number of ketones is 1. The summed E-state index contributed by atoms with van der Waals surface area (Å²) in [6.07, 6.45) is 0.831. The van der Waals surface area contributed by atoms with Gasteiger partial charge in [-0.05, 0) is 38.7 Å². The van der Waals surface area contributed by atoms with Gasteiger partial charge in [-0.15, -0.1) is 0 Å². The molecule has 140 valence electrons. The highest BCUT2D eigenvalue weighted by atomic mass is 16.5. The first kappa shape index (κ1) is 20.9. The van der Waals surface area contributed by atoms with E-state index in [2.05, 4.69) is 13.8 Å². The van der Waals surface area contributed by atoms with Crippen LogP contribution < -0.4 is 0 Å². The van der Waals surface area contributed by atoms with Crippen LogP contribution in [0.3, 0.4) is 0 Å². The van der Waals surface area contributed by atoms with Crippen molar-refractivity contribution >= 4 is 17.7 Å². The third-order valence-electron chi connectivity index (χ3n) is 4.75. The van der Waals surface area contributed by atoms with Crippen LogP contribution in [0.25, 0.3) is 0 Å². The average Bonchev–Trinajstić information content (AvgIpc) is 2.75. The number of aromatic nitrogens is 1. The van der Waals surface area contributed by atoms with Crippen molar-refractivity contribution in [3.8, 4) is 0 Å². The number of carbonyl (C=O) groups is 3. The Hall–Kier alpha value is -2.11. The number of hydrogen-bond donors (Lipinski definition) is 0. The molecule has 0 aliphatic heterocycles. The summed E-state index contributed by atoms with van der Waals surface area (Å²) in [4.78, 5) is 38.7. The summed E-state index contributed by atoms with van der Waals surface area (Å²) < 4.78 is 6.50. The molecule has 1 rings (SSSR count). The zero-order chi connectivity index (χ0) is 19.5. The molecule has 0 aliphatic carbocycles. The van der Waals surface area contributed by atoms with Crippen molar-refractivity contribution in [1.82, 2.24) is 9.47 Å². The molecule has 6 heteroatoms. The van der Waals surface area contributed by atoms with E-state index in [-0.39, 0.29) is 11.7 Å². The molecule has 6 nitrogen and oxygen atoms in total. The van der Waals surface area contributed by atoms with Gasteiger partial charge in [0.15, 0.2) is 5.78 Å². The number of hydrogen-bond acceptors (Lipinski definition) is 4. The van der Waals surface area contributed by atoms with E-state index in [1.165, 1.54) is 14.0 Å². The Kier molecular flexibility index (Phi) is 6.96. The quantitative estimate of drug-likeness (QED) is 0.560. The SMILES string of the molecule is COC(=O)c1c(C)c(C(=O)[C@@H](C)N(CCC(C)C)C(C)=O)c(C)n1C. The van der Waals surface area contributed by atoms with Crippen LogP contribution in [0.4, 0.5) is 0 Å². The lowest BCUT2D eigenvalue weighted by Gasteiger charge is -2.28. The van der Waals surface area contributed by atoms with Crippen LogP contribution in [0.15, 0.2) is 0 Å². The molecule has 0 spiro atoms. The van der Waals surface area contributed by atoms with E-state index in [9.17, 15) is 14.4 Å². The van der Waals surface area contributed by atoms with Gasteiger partial charge in [0.05, 0.1) is 13.2 Å². The third kappa shape index (κ3) is 4.30. The summed E-state index contributed by atoms with van der Waals surface area (Å²) in [5, 5.41) is 0. The van der Waals surface area contributed by atoms with E-state index in [1.807, 2.05) is 0 Å². The van der Waals surface area contributed by atoms with Gasteiger partial charge in [-0.2, -0.15) is 0 Å². The number of methoxy groups -OCH3 is 1. The number of Topliss-reactive ketones (excluding diaryl/α,β-unsaturated/α-hetero) is 1.